The van der Waals surface area contributed by atoms with Gasteiger partial charge in [-0.2, -0.15) is 0 Å². The summed E-state index contributed by atoms with van der Waals surface area (Å²) in [5.41, 5.74) is 4.16. The van der Waals surface area contributed by atoms with Crippen molar-refractivity contribution in [2.75, 3.05) is 18.4 Å². The van der Waals surface area contributed by atoms with Crippen LogP contribution in [0.3, 0.4) is 0 Å². The molecule has 2 aromatic carbocycles. The van der Waals surface area contributed by atoms with Crippen LogP contribution in [0.1, 0.15) is 29.8 Å². The fourth-order valence-corrected chi connectivity index (χ4v) is 4.24. The molecule has 1 amide bonds. The Bertz CT molecular complexity index is 1030. The molecule has 30 heavy (non-hydrogen) atoms. The average Bonchev–Trinajstić information content (AvgIpc) is 3.25. The molecule has 0 saturated carbocycles. The van der Waals surface area contributed by atoms with E-state index in [-0.39, 0.29) is 11.8 Å². The summed E-state index contributed by atoms with van der Waals surface area (Å²) in [6, 6.07) is 18.1. The first-order valence-corrected chi connectivity index (χ1v) is 11.0. The van der Waals surface area contributed by atoms with E-state index in [4.69, 9.17) is 9.98 Å². The summed E-state index contributed by atoms with van der Waals surface area (Å²) in [6.45, 7) is 3.95. The van der Waals surface area contributed by atoms with Crippen LogP contribution in [-0.2, 0) is 11.3 Å². The van der Waals surface area contributed by atoms with Crippen LogP contribution in [0, 0.1) is 0 Å². The van der Waals surface area contributed by atoms with Crippen molar-refractivity contribution in [3.05, 3.63) is 70.5 Å². The molecule has 7 heteroatoms. The number of nitrogens with zero attached hydrogens (tertiary/aromatic N) is 2. The van der Waals surface area contributed by atoms with E-state index in [2.05, 4.69) is 39.5 Å². The number of nitrogens with one attached hydrogen (secondary N) is 3. The monoisotopic (exact) mass is 419 g/mol. The molecule has 3 aromatic rings. The predicted octanol–water partition coefficient (Wildman–Crippen LogP) is 3.99. The van der Waals surface area contributed by atoms with Gasteiger partial charge in [0.2, 0.25) is 5.91 Å². The molecule has 0 spiro atoms. The highest BCUT2D eigenvalue weighted by molar-refractivity contribution is 7.09. The van der Waals surface area contributed by atoms with Gasteiger partial charge in [-0.15, -0.1) is 11.3 Å². The number of aliphatic imine (C=N–C) groups is 1. The highest BCUT2D eigenvalue weighted by Gasteiger charge is 2.24. The molecule has 0 bridgehead atoms. The second kappa shape index (κ2) is 9.54. The van der Waals surface area contributed by atoms with Gasteiger partial charge in [-0.05, 0) is 18.6 Å². The molecule has 0 radical (unpaired) electrons. The van der Waals surface area contributed by atoms with Gasteiger partial charge in [-0.1, -0.05) is 48.5 Å². The van der Waals surface area contributed by atoms with Crippen molar-refractivity contribution in [2.45, 2.75) is 25.8 Å². The summed E-state index contributed by atoms with van der Waals surface area (Å²) >= 11 is 1.61. The van der Waals surface area contributed by atoms with Gasteiger partial charge in [0.25, 0.3) is 0 Å². The van der Waals surface area contributed by atoms with Gasteiger partial charge in [-0.3, -0.25) is 4.79 Å². The number of para-hydroxylation sites is 1. The number of hydrogen-bond donors (Lipinski definition) is 3. The maximum absolute atomic E-state index is 12.0. The van der Waals surface area contributed by atoms with Crippen LogP contribution in [0.15, 0.2) is 65.0 Å². The number of anilines is 1. The van der Waals surface area contributed by atoms with Gasteiger partial charge in [0, 0.05) is 42.1 Å². The number of guanidine groups is 1. The van der Waals surface area contributed by atoms with Gasteiger partial charge in [0.05, 0.1) is 12.2 Å². The van der Waals surface area contributed by atoms with E-state index in [1.807, 2.05) is 43.3 Å². The third kappa shape index (κ3) is 4.86. The first kappa shape index (κ1) is 20.1. The molecule has 2 heterocycles. The van der Waals surface area contributed by atoms with Crippen LogP contribution in [0.4, 0.5) is 5.69 Å². The minimum absolute atomic E-state index is 0.0543. The van der Waals surface area contributed by atoms with Gasteiger partial charge in [0.15, 0.2) is 5.96 Å². The maximum atomic E-state index is 12.0. The van der Waals surface area contributed by atoms with Crippen molar-refractivity contribution in [3.8, 4) is 11.3 Å². The summed E-state index contributed by atoms with van der Waals surface area (Å²) in [6.07, 6.45) is 0.469. The number of rotatable bonds is 6. The van der Waals surface area contributed by atoms with E-state index >= 15 is 0 Å². The second-order valence-electron chi connectivity index (χ2n) is 7.11. The maximum Gasteiger partial charge on any atom is 0.225 e. The minimum atomic E-state index is 0.0543. The highest BCUT2D eigenvalue weighted by Crippen LogP contribution is 2.31. The van der Waals surface area contributed by atoms with Crippen molar-refractivity contribution in [2.24, 2.45) is 4.99 Å². The Morgan fingerprint density at radius 2 is 1.97 bits per heavy atom. The van der Waals surface area contributed by atoms with E-state index < -0.39 is 0 Å². The molecule has 6 nitrogen and oxygen atoms in total. The molecule has 1 unspecified atom stereocenters. The lowest BCUT2D eigenvalue weighted by molar-refractivity contribution is -0.116. The molecule has 1 atom stereocenters. The Morgan fingerprint density at radius 1 is 1.17 bits per heavy atom. The minimum Gasteiger partial charge on any atom is -0.357 e. The predicted molar refractivity (Wildman–Crippen MR) is 123 cm³/mol. The zero-order chi connectivity index (χ0) is 20.8. The fraction of sp³-hybridized carbons (Fsp3) is 0.261. The molecule has 1 aliphatic rings. The average molecular weight is 420 g/mol. The molecule has 0 aliphatic carbocycles. The molecular formula is C23H25N5OS. The van der Waals surface area contributed by atoms with E-state index in [9.17, 15) is 4.79 Å². The van der Waals surface area contributed by atoms with Crippen LogP contribution in [-0.4, -0.2) is 29.9 Å². The molecule has 1 aromatic heterocycles. The highest BCUT2D eigenvalue weighted by atomic mass is 32.1. The van der Waals surface area contributed by atoms with Crippen molar-refractivity contribution >= 4 is 28.9 Å². The van der Waals surface area contributed by atoms with E-state index in [0.717, 1.165) is 40.0 Å². The topological polar surface area (TPSA) is 78.4 Å². The second-order valence-corrected chi connectivity index (χ2v) is 8.05. The molecule has 0 saturated heterocycles. The largest absolute Gasteiger partial charge is 0.357 e. The number of amides is 1. The number of carbonyl (C=O) groups excluding carboxylic acids is 1. The van der Waals surface area contributed by atoms with Crippen molar-refractivity contribution in [1.29, 1.82) is 0 Å². The number of carbonyl (C=O) groups is 1. The van der Waals surface area contributed by atoms with Crippen molar-refractivity contribution in [1.82, 2.24) is 15.6 Å². The number of fused-ring (bicyclic) bond motifs is 1. The van der Waals surface area contributed by atoms with Gasteiger partial charge in [0.1, 0.15) is 5.01 Å². The Labute approximate surface area is 180 Å². The number of aromatic nitrogens is 1. The van der Waals surface area contributed by atoms with Crippen molar-refractivity contribution < 1.29 is 4.79 Å². The first-order chi connectivity index (χ1) is 14.7. The zero-order valence-electron chi connectivity index (χ0n) is 16.9. The van der Waals surface area contributed by atoms with Crippen LogP contribution >= 0.6 is 11.3 Å². The third-order valence-electron chi connectivity index (χ3n) is 4.96. The summed E-state index contributed by atoms with van der Waals surface area (Å²) in [7, 11) is 0. The van der Waals surface area contributed by atoms with Crippen LogP contribution in [0.5, 0.6) is 0 Å². The van der Waals surface area contributed by atoms with Crippen molar-refractivity contribution in [3.63, 3.8) is 0 Å². The normalized spacial score (nSPS) is 16.0. The van der Waals surface area contributed by atoms with Gasteiger partial charge >= 0.3 is 0 Å². The lowest BCUT2D eigenvalue weighted by atomic mass is 9.90. The fourth-order valence-electron chi connectivity index (χ4n) is 3.52. The zero-order valence-corrected chi connectivity index (χ0v) is 17.7. The lowest BCUT2D eigenvalue weighted by Crippen LogP contribution is -2.40. The number of thiazole rings is 1. The smallest absolute Gasteiger partial charge is 0.225 e. The Kier molecular flexibility index (Phi) is 6.39. The van der Waals surface area contributed by atoms with Gasteiger partial charge < -0.3 is 16.0 Å². The van der Waals surface area contributed by atoms with Crippen LogP contribution in [0.2, 0.25) is 0 Å². The number of hydrogen-bond acceptors (Lipinski definition) is 4. The summed E-state index contributed by atoms with van der Waals surface area (Å²) in [5, 5.41) is 12.7. The lowest BCUT2D eigenvalue weighted by Gasteiger charge is -2.26. The molecule has 4 rings (SSSR count). The third-order valence-corrected chi connectivity index (χ3v) is 5.79. The summed E-state index contributed by atoms with van der Waals surface area (Å²) < 4.78 is 0. The molecule has 0 fully saturated rings. The van der Waals surface area contributed by atoms with E-state index in [1.54, 1.807) is 11.3 Å². The Morgan fingerprint density at radius 3 is 2.80 bits per heavy atom. The van der Waals surface area contributed by atoms with Crippen LogP contribution in [0.25, 0.3) is 11.3 Å². The number of benzene rings is 2. The Hall–Kier alpha value is -3.19. The van der Waals surface area contributed by atoms with Crippen LogP contribution < -0.4 is 16.0 Å². The molecule has 1 aliphatic heterocycles. The first-order valence-electron chi connectivity index (χ1n) is 10.1. The molecular weight excluding hydrogens is 394 g/mol. The Balaban J connectivity index is 1.41. The van der Waals surface area contributed by atoms with Gasteiger partial charge in [-0.25, -0.2) is 9.98 Å². The molecule has 154 valence electrons. The molecule has 3 N–H and O–H groups in total. The SMILES string of the molecule is CCNC(=NCc1nc(-c2ccccc2)cs1)NCC1CC(=O)Nc2ccccc21. The standard InChI is InChI=1S/C23H25N5OS/c1-2-24-23(25-13-17-12-21(29)27-19-11-7-6-10-18(17)19)26-14-22-28-20(15-30-22)16-8-4-3-5-9-16/h3-11,15,17H,2,12-14H2,1H3,(H,27,29)(H2,24,25,26). The summed E-state index contributed by atoms with van der Waals surface area (Å²) in [5.74, 6) is 0.902. The quantitative estimate of drug-likeness (QED) is 0.417. The van der Waals surface area contributed by atoms with E-state index in [1.165, 1.54) is 0 Å². The summed E-state index contributed by atoms with van der Waals surface area (Å²) in [4.78, 5) is 21.4. The van der Waals surface area contributed by atoms with E-state index in [0.29, 0.717) is 19.5 Å².